The number of carbonyl (C=O) groups excluding carboxylic acids is 1. The normalized spacial score (nSPS) is 10.6. The van der Waals surface area contributed by atoms with E-state index in [-0.39, 0.29) is 12.3 Å². The number of hydrogen-bond acceptors (Lipinski definition) is 4. The van der Waals surface area contributed by atoms with E-state index >= 15 is 0 Å². The molecular formula is C19H17N3O3. The van der Waals surface area contributed by atoms with E-state index in [1.54, 1.807) is 12.3 Å². The molecule has 126 valence electrons. The van der Waals surface area contributed by atoms with Crippen LogP contribution in [0.2, 0.25) is 0 Å². The van der Waals surface area contributed by atoms with Crippen LogP contribution in [0.4, 0.5) is 0 Å². The van der Waals surface area contributed by atoms with Crippen LogP contribution in [0.5, 0.6) is 0 Å². The van der Waals surface area contributed by atoms with E-state index in [0.29, 0.717) is 35.4 Å². The molecule has 25 heavy (non-hydrogen) atoms. The van der Waals surface area contributed by atoms with E-state index in [4.69, 9.17) is 5.11 Å². The lowest BCUT2D eigenvalue weighted by molar-refractivity contribution is -0.137. The zero-order chi connectivity index (χ0) is 17.6. The molecule has 0 saturated heterocycles. The molecule has 0 aliphatic carbocycles. The van der Waals surface area contributed by atoms with Gasteiger partial charge in [-0.3, -0.25) is 14.6 Å². The fourth-order valence-corrected chi connectivity index (χ4v) is 2.55. The van der Waals surface area contributed by atoms with Crippen LogP contribution >= 0.6 is 0 Å². The molecule has 1 amide bonds. The van der Waals surface area contributed by atoms with Crippen LogP contribution in [0, 0.1) is 0 Å². The van der Waals surface area contributed by atoms with Gasteiger partial charge in [0.05, 0.1) is 22.5 Å². The number of carboxylic acid groups (broad SMARTS) is 1. The number of aromatic nitrogens is 2. The van der Waals surface area contributed by atoms with Crippen molar-refractivity contribution in [3.63, 3.8) is 0 Å². The molecule has 3 aromatic rings. The number of aliphatic carboxylic acids is 1. The van der Waals surface area contributed by atoms with Gasteiger partial charge in [0.1, 0.15) is 0 Å². The molecule has 0 radical (unpaired) electrons. The summed E-state index contributed by atoms with van der Waals surface area (Å²) >= 11 is 0. The van der Waals surface area contributed by atoms with Gasteiger partial charge in [-0.05, 0) is 30.7 Å². The van der Waals surface area contributed by atoms with Crippen molar-refractivity contribution in [1.29, 1.82) is 0 Å². The molecular weight excluding hydrogens is 318 g/mol. The van der Waals surface area contributed by atoms with Crippen LogP contribution in [-0.2, 0) is 4.79 Å². The second-order valence-corrected chi connectivity index (χ2v) is 5.54. The summed E-state index contributed by atoms with van der Waals surface area (Å²) < 4.78 is 0. The molecule has 0 spiro atoms. The fraction of sp³-hybridized carbons (Fsp3) is 0.158. The van der Waals surface area contributed by atoms with E-state index < -0.39 is 5.97 Å². The van der Waals surface area contributed by atoms with E-state index in [9.17, 15) is 9.59 Å². The van der Waals surface area contributed by atoms with Gasteiger partial charge in [0.15, 0.2) is 0 Å². The first-order chi connectivity index (χ1) is 12.1. The number of amides is 1. The molecule has 0 atom stereocenters. The number of nitrogens with zero attached hydrogens (tertiary/aromatic N) is 2. The van der Waals surface area contributed by atoms with Crippen molar-refractivity contribution in [2.45, 2.75) is 12.8 Å². The molecule has 1 aromatic carbocycles. The van der Waals surface area contributed by atoms with Gasteiger partial charge < -0.3 is 10.4 Å². The van der Waals surface area contributed by atoms with Crippen LogP contribution in [0.25, 0.3) is 22.3 Å². The largest absolute Gasteiger partial charge is 0.481 e. The van der Waals surface area contributed by atoms with Crippen molar-refractivity contribution in [2.24, 2.45) is 0 Å². The van der Waals surface area contributed by atoms with Gasteiger partial charge in [0.25, 0.3) is 5.91 Å². The van der Waals surface area contributed by atoms with Gasteiger partial charge in [-0.2, -0.15) is 0 Å². The lowest BCUT2D eigenvalue weighted by Gasteiger charge is -2.10. The third-order valence-electron chi connectivity index (χ3n) is 3.74. The highest BCUT2D eigenvalue weighted by Gasteiger charge is 2.14. The van der Waals surface area contributed by atoms with Crippen molar-refractivity contribution in [3.05, 3.63) is 60.3 Å². The molecule has 2 heterocycles. The van der Waals surface area contributed by atoms with E-state index in [1.165, 1.54) is 0 Å². The minimum Gasteiger partial charge on any atom is -0.481 e. The zero-order valence-corrected chi connectivity index (χ0v) is 13.5. The van der Waals surface area contributed by atoms with Crippen molar-refractivity contribution >= 4 is 22.8 Å². The Labute approximate surface area is 144 Å². The molecule has 6 heteroatoms. The summed E-state index contributed by atoms with van der Waals surface area (Å²) in [5, 5.41) is 12.2. The van der Waals surface area contributed by atoms with Crippen LogP contribution in [0.15, 0.2) is 54.7 Å². The molecule has 3 rings (SSSR count). The maximum absolute atomic E-state index is 12.6. The molecule has 0 saturated carbocycles. The number of rotatable bonds is 6. The monoisotopic (exact) mass is 335 g/mol. The first-order valence-electron chi connectivity index (χ1n) is 7.96. The first-order valence-corrected chi connectivity index (χ1v) is 7.96. The maximum atomic E-state index is 12.6. The van der Waals surface area contributed by atoms with Crippen molar-refractivity contribution in [2.75, 3.05) is 6.54 Å². The standard InChI is InChI=1S/C19H17N3O3/c23-18(24)9-5-11-21-19(25)14-12-17(16-8-3-4-10-20-16)22-15-7-2-1-6-13(14)15/h1-4,6-8,10,12H,5,9,11H2,(H,21,25)(H,23,24). The molecule has 0 fully saturated rings. The van der Waals surface area contributed by atoms with Crippen molar-refractivity contribution < 1.29 is 14.7 Å². The van der Waals surface area contributed by atoms with Crippen LogP contribution in [0.3, 0.4) is 0 Å². The third-order valence-corrected chi connectivity index (χ3v) is 3.74. The van der Waals surface area contributed by atoms with Gasteiger partial charge in [-0.15, -0.1) is 0 Å². The van der Waals surface area contributed by atoms with E-state index in [2.05, 4.69) is 15.3 Å². The van der Waals surface area contributed by atoms with Crippen LogP contribution in [-0.4, -0.2) is 33.5 Å². The van der Waals surface area contributed by atoms with Gasteiger partial charge >= 0.3 is 5.97 Å². The first kappa shape index (κ1) is 16.6. The highest BCUT2D eigenvalue weighted by atomic mass is 16.4. The van der Waals surface area contributed by atoms with E-state index in [0.717, 1.165) is 5.39 Å². The summed E-state index contributed by atoms with van der Waals surface area (Å²) in [6.07, 6.45) is 2.09. The molecule has 0 unspecified atom stereocenters. The summed E-state index contributed by atoms with van der Waals surface area (Å²) in [5.74, 6) is -1.12. The second kappa shape index (κ2) is 7.53. The summed E-state index contributed by atoms with van der Waals surface area (Å²) in [7, 11) is 0. The Morgan fingerprint density at radius 1 is 1.04 bits per heavy atom. The quantitative estimate of drug-likeness (QED) is 0.676. The Bertz CT molecular complexity index is 910. The Morgan fingerprint density at radius 3 is 2.60 bits per heavy atom. The summed E-state index contributed by atoms with van der Waals surface area (Å²) in [4.78, 5) is 32.0. The summed E-state index contributed by atoms with van der Waals surface area (Å²) in [6, 6.07) is 14.7. The summed E-state index contributed by atoms with van der Waals surface area (Å²) in [5.41, 5.74) is 2.52. The average molecular weight is 335 g/mol. The number of para-hydroxylation sites is 1. The lowest BCUT2D eigenvalue weighted by Crippen LogP contribution is -2.25. The number of carboxylic acids is 1. The lowest BCUT2D eigenvalue weighted by atomic mass is 10.1. The topological polar surface area (TPSA) is 92.2 Å². The Kier molecular flexibility index (Phi) is 4.99. The summed E-state index contributed by atoms with van der Waals surface area (Å²) in [6.45, 7) is 0.306. The van der Waals surface area contributed by atoms with Crippen molar-refractivity contribution in [1.82, 2.24) is 15.3 Å². The van der Waals surface area contributed by atoms with Gasteiger partial charge in [-0.25, -0.2) is 4.98 Å². The second-order valence-electron chi connectivity index (χ2n) is 5.54. The van der Waals surface area contributed by atoms with Crippen LogP contribution in [0.1, 0.15) is 23.2 Å². The molecule has 6 nitrogen and oxygen atoms in total. The number of fused-ring (bicyclic) bond motifs is 1. The van der Waals surface area contributed by atoms with Crippen LogP contribution < -0.4 is 5.32 Å². The number of nitrogens with one attached hydrogen (secondary N) is 1. The predicted molar refractivity (Wildman–Crippen MR) is 94.2 cm³/mol. The molecule has 0 aliphatic heterocycles. The molecule has 2 N–H and O–H groups in total. The van der Waals surface area contributed by atoms with Gasteiger partial charge in [-0.1, -0.05) is 24.3 Å². The highest BCUT2D eigenvalue weighted by molar-refractivity contribution is 6.07. The molecule has 0 bridgehead atoms. The average Bonchev–Trinajstić information content (AvgIpc) is 2.64. The maximum Gasteiger partial charge on any atom is 0.303 e. The van der Waals surface area contributed by atoms with E-state index in [1.807, 2.05) is 42.5 Å². The molecule has 2 aromatic heterocycles. The minimum absolute atomic E-state index is 0.0244. The Balaban J connectivity index is 1.93. The van der Waals surface area contributed by atoms with Gasteiger partial charge in [0, 0.05) is 24.5 Å². The fourth-order valence-electron chi connectivity index (χ4n) is 2.55. The predicted octanol–water partition coefficient (Wildman–Crippen LogP) is 2.89. The Morgan fingerprint density at radius 2 is 1.84 bits per heavy atom. The molecule has 0 aliphatic rings. The third kappa shape index (κ3) is 3.98. The van der Waals surface area contributed by atoms with Crippen molar-refractivity contribution in [3.8, 4) is 11.4 Å². The Hall–Kier alpha value is -3.28. The SMILES string of the molecule is O=C(O)CCCNC(=O)c1cc(-c2ccccn2)nc2ccccc12. The number of benzene rings is 1. The number of pyridine rings is 2. The number of hydrogen-bond donors (Lipinski definition) is 2. The minimum atomic E-state index is -0.874. The van der Waals surface area contributed by atoms with Gasteiger partial charge in [0.2, 0.25) is 0 Å². The highest BCUT2D eigenvalue weighted by Crippen LogP contribution is 2.23. The smallest absolute Gasteiger partial charge is 0.303 e. The zero-order valence-electron chi connectivity index (χ0n) is 13.5. The number of carbonyl (C=O) groups is 2.